The average molecular weight is 372 g/mol. The van der Waals surface area contributed by atoms with Crippen LogP contribution in [0.15, 0.2) is 54.6 Å². The molecule has 0 radical (unpaired) electrons. The number of hydrogen-bond acceptors (Lipinski definition) is 4. The fourth-order valence-corrected chi connectivity index (χ4v) is 3.10. The third-order valence-corrected chi connectivity index (χ3v) is 4.54. The van der Waals surface area contributed by atoms with E-state index >= 15 is 0 Å². The summed E-state index contributed by atoms with van der Waals surface area (Å²) in [4.78, 5) is 26.9. The largest absolute Gasteiger partial charge is 0.368 e. The maximum Gasteiger partial charge on any atom is 0.276 e. The Labute approximate surface area is 156 Å². The van der Waals surface area contributed by atoms with Crippen LogP contribution in [0.4, 0.5) is 11.4 Å². The van der Waals surface area contributed by atoms with Crippen LogP contribution in [0.3, 0.4) is 0 Å². The number of para-hydroxylation sites is 1. The van der Waals surface area contributed by atoms with Gasteiger partial charge in [0.1, 0.15) is 0 Å². The minimum atomic E-state index is -0.450. The van der Waals surface area contributed by atoms with E-state index < -0.39 is 4.92 Å². The molecule has 2 aromatic carbocycles. The molecule has 0 N–H and O–H groups in total. The average Bonchev–Trinajstić information content (AvgIpc) is 2.66. The van der Waals surface area contributed by atoms with Gasteiger partial charge in [-0.3, -0.25) is 14.9 Å². The Morgan fingerprint density at radius 3 is 2.50 bits per heavy atom. The van der Waals surface area contributed by atoms with Gasteiger partial charge in [-0.15, -0.1) is 0 Å². The number of hydrogen-bond donors (Lipinski definition) is 0. The Hall–Kier alpha value is -2.86. The van der Waals surface area contributed by atoms with Gasteiger partial charge in [-0.05, 0) is 30.3 Å². The van der Waals surface area contributed by atoms with Crippen molar-refractivity contribution in [2.75, 3.05) is 31.1 Å². The number of nitro groups is 1. The van der Waals surface area contributed by atoms with E-state index in [9.17, 15) is 14.9 Å². The van der Waals surface area contributed by atoms with E-state index in [4.69, 9.17) is 11.6 Å². The molecule has 1 saturated heterocycles. The van der Waals surface area contributed by atoms with Crippen LogP contribution in [0.5, 0.6) is 0 Å². The molecule has 26 heavy (non-hydrogen) atoms. The van der Waals surface area contributed by atoms with Gasteiger partial charge >= 0.3 is 0 Å². The second-order valence-electron chi connectivity index (χ2n) is 5.94. The van der Waals surface area contributed by atoms with Gasteiger partial charge in [0.05, 0.1) is 10.5 Å². The lowest BCUT2D eigenvalue weighted by atomic mass is 10.1. The summed E-state index contributed by atoms with van der Waals surface area (Å²) in [6.07, 6.45) is 2.90. The summed E-state index contributed by atoms with van der Waals surface area (Å²) in [7, 11) is 0. The first kappa shape index (κ1) is 17.9. The molecular weight excluding hydrogens is 354 g/mol. The van der Waals surface area contributed by atoms with Crippen molar-refractivity contribution in [2.45, 2.75) is 0 Å². The first-order valence-electron chi connectivity index (χ1n) is 8.25. The monoisotopic (exact) mass is 371 g/mol. The van der Waals surface area contributed by atoms with Crippen LogP contribution in [0.2, 0.25) is 5.02 Å². The summed E-state index contributed by atoms with van der Waals surface area (Å²) in [5.74, 6) is -0.145. The van der Waals surface area contributed by atoms with Gasteiger partial charge in [0.2, 0.25) is 5.91 Å². The maximum atomic E-state index is 12.4. The van der Waals surface area contributed by atoms with Crippen LogP contribution in [-0.2, 0) is 4.79 Å². The highest BCUT2D eigenvalue weighted by Gasteiger charge is 2.20. The Morgan fingerprint density at radius 1 is 1.08 bits per heavy atom. The molecule has 1 amide bonds. The van der Waals surface area contributed by atoms with Crippen LogP contribution in [0.25, 0.3) is 6.08 Å². The zero-order chi connectivity index (χ0) is 18.5. The highest BCUT2D eigenvalue weighted by molar-refractivity contribution is 6.30. The van der Waals surface area contributed by atoms with Crippen molar-refractivity contribution in [1.29, 1.82) is 0 Å². The maximum absolute atomic E-state index is 12.4. The zero-order valence-electron chi connectivity index (χ0n) is 14.0. The topological polar surface area (TPSA) is 66.7 Å². The summed E-state index contributed by atoms with van der Waals surface area (Å²) < 4.78 is 0. The summed E-state index contributed by atoms with van der Waals surface area (Å²) >= 11 is 6.03. The molecule has 0 unspecified atom stereocenters. The van der Waals surface area contributed by atoms with Gasteiger partial charge < -0.3 is 9.80 Å². The summed E-state index contributed by atoms with van der Waals surface area (Å²) in [5, 5.41) is 11.7. The summed E-state index contributed by atoms with van der Waals surface area (Å²) in [5.41, 5.74) is 1.45. The van der Waals surface area contributed by atoms with Crippen molar-refractivity contribution in [2.24, 2.45) is 0 Å². The molecule has 7 heteroatoms. The first-order chi connectivity index (χ1) is 12.5. The molecule has 6 nitrogen and oxygen atoms in total. The van der Waals surface area contributed by atoms with Gasteiger partial charge in [0.25, 0.3) is 5.69 Å². The zero-order valence-corrected chi connectivity index (χ0v) is 14.8. The number of rotatable bonds is 4. The molecule has 1 fully saturated rings. The van der Waals surface area contributed by atoms with E-state index in [0.29, 0.717) is 36.8 Å². The third kappa shape index (κ3) is 4.21. The van der Waals surface area contributed by atoms with E-state index in [0.717, 1.165) is 5.69 Å². The predicted octanol–water partition coefficient (Wildman–Crippen LogP) is 3.61. The number of anilines is 1. The second-order valence-corrected chi connectivity index (χ2v) is 6.38. The SMILES string of the molecule is O=C(/C=C/c1ccccc1[N+](=O)[O-])N1CCN(c2cccc(Cl)c2)CC1. The number of nitrogens with zero attached hydrogens (tertiary/aromatic N) is 3. The molecule has 1 heterocycles. The number of amides is 1. The van der Waals surface area contributed by atoms with E-state index in [2.05, 4.69) is 4.90 Å². The highest BCUT2D eigenvalue weighted by atomic mass is 35.5. The normalized spacial score (nSPS) is 14.7. The minimum absolute atomic E-state index is 0.0117. The molecule has 0 bridgehead atoms. The van der Waals surface area contributed by atoms with E-state index in [-0.39, 0.29) is 11.6 Å². The predicted molar refractivity (Wildman–Crippen MR) is 102 cm³/mol. The highest BCUT2D eigenvalue weighted by Crippen LogP contribution is 2.21. The molecule has 0 saturated carbocycles. The Balaban J connectivity index is 1.61. The smallest absolute Gasteiger partial charge is 0.276 e. The number of benzene rings is 2. The van der Waals surface area contributed by atoms with Crippen molar-refractivity contribution in [1.82, 2.24) is 4.90 Å². The summed E-state index contributed by atoms with van der Waals surface area (Å²) in [6, 6.07) is 14.0. The quantitative estimate of drug-likeness (QED) is 0.468. The van der Waals surface area contributed by atoms with Crippen molar-refractivity contribution < 1.29 is 9.72 Å². The lowest BCUT2D eigenvalue weighted by Crippen LogP contribution is -2.48. The van der Waals surface area contributed by atoms with E-state index in [1.807, 2.05) is 24.3 Å². The number of halogens is 1. The molecular formula is C19H18ClN3O3. The van der Waals surface area contributed by atoms with Gasteiger partial charge in [-0.2, -0.15) is 0 Å². The number of piperazine rings is 1. The molecule has 1 aliphatic rings. The summed E-state index contributed by atoms with van der Waals surface area (Å²) in [6.45, 7) is 2.61. The van der Waals surface area contributed by atoms with Crippen molar-refractivity contribution in [3.8, 4) is 0 Å². The minimum Gasteiger partial charge on any atom is -0.368 e. The van der Waals surface area contributed by atoms with Gasteiger partial charge in [0, 0.05) is 49.0 Å². The molecule has 1 aliphatic heterocycles. The lowest BCUT2D eigenvalue weighted by Gasteiger charge is -2.35. The van der Waals surface area contributed by atoms with Crippen LogP contribution < -0.4 is 4.90 Å². The molecule has 0 aromatic heterocycles. The fraction of sp³-hybridized carbons (Fsp3) is 0.211. The molecule has 0 atom stereocenters. The van der Waals surface area contributed by atoms with Crippen molar-refractivity contribution in [3.05, 3.63) is 75.3 Å². The van der Waals surface area contributed by atoms with Gasteiger partial charge in [-0.1, -0.05) is 29.8 Å². The van der Waals surface area contributed by atoms with Crippen LogP contribution in [0.1, 0.15) is 5.56 Å². The molecule has 2 aromatic rings. The standard InChI is InChI=1S/C19H18ClN3O3/c20-16-5-3-6-17(14-16)21-10-12-22(13-11-21)19(24)9-8-15-4-1-2-7-18(15)23(25)26/h1-9,14H,10-13H2/b9-8+. The number of carbonyl (C=O) groups is 1. The van der Waals surface area contributed by atoms with Crippen LogP contribution in [0, 0.1) is 10.1 Å². The number of nitro benzene ring substituents is 1. The lowest BCUT2D eigenvalue weighted by molar-refractivity contribution is -0.385. The van der Waals surface area contributed by atoms with Gasteiger partial charge in [0.15, 0.2) is 0 Å². The van der Waals surface area contributed by atoms with E-state index in [1.54, 1.807) is 23.1 Å². The fourth-order valence-electron chi connectivity index (χ4n) is 2.92. The Morgan fingerprint density at radius 2 is 1.81 bits per heavy atom. The van der Waals surface area contributed by atoms with E-state index in [1.165, 1.54) is 18.2 Å². The van der Waals surface area contributed by atoms with Crippen LogP contribution in [-0.4, -0.2) is 41.9 Å². The Bertz CT molecular complexity index is 845. The van der Waals surface area contributed by atoms with Crippen molar-refractivity contribution >= 4 is 35.0 Å². The Kier molecular flexibility index (Phi) is 5.53. The number of carbonyl (C=O) groups excluding carboxylic acids is 1. The second kappa shape index (κ2) is 8.01. The molecule has 3 rings (SSSR count). The molecule has 0 spiro atoms. The third-order valence-electron chi connectivity index (χ3n) is 4.30. The molecule has 134 valence electrons. The van der Waals surface area contributed by atoms with Gasteiger partial charge in [-0.25, -0.2) is 0 Å². The van der Waals surface area contributed by atoms with Crippen molar-refractivity contribution in [3.63, 3.8) is 0 Å². The van der Waals surface area contributed by atoms with Crippen LogP contribution >= 0.6 is 11.6 Å². The molecule has 0 aliphatic carbocycles. The first-order valence-corrected chi connectivity index (χ1v) is 8.63.